The summed E-state index contributed by atoms with van der Waals surface area (Å²) in [5.74, 6) is -0.215. The lowest BCUT2D eigenvalue weighted by Gasteiger charge is -2.06. The Labute approximate surface area is 113 Å². The molecule has 0 radical (unpaired) electrons. The molecule has 0 fully saturated rings. The van der Waals surface area contributed by atoms with Crippen LogP contribution in [0, 0.1) is 0 Å². The van der Waals surface area contributed by atoms with E-state index in [-0.39, 0.29) is 24.2 Å². The van der Waals surface area contributed by atoms with Crippen molar-refractivity contribution in [3.05, 3.63) is 29.8 Å². The summed E-state index contributed by atoms with van der Waals surface area (Å²) >= 11 is 0. The normalized spacial score (nSPS) is 9.17. The standard InChI is InChI=1S/C12H17N3O2.ClH/c1-9(16)14-6-3-7-15-12(17)10-4-2-5-11(13)8-10;/h2,4-5,8H,3,6-7,13H2,1H3,(H,14,16)(H,15,17);1H. The van der Waals surface area contributed by atoms with E-state index in [1.54, 1.807) is 24.3 Å². The summed E-state index contributed by atoms with van der Waals surface area (Å²) in [6, 6.07) is 6.80. The summed E-state index contributed by atoms with van der Waals surface area (Å²) in [5, 5.41) is 5.41. The Morgan fingerprint density at radius 3 is 2.50 bits per heavy atom. The van der Waals surface area contributed by atoms with Gasteiger partial charge in [0.25, 0.3) is 5.91 Å². The first-order valence-corrected chi connectivity index (χ1v) is 5.48. The van der Waals surface area contributed by atoms with Crippen molar-refractivity contribution in [3.63, 3.8) is 0 Å². The van der Waals surface area contributed by atoms with Crippen molar-refractivity contribution in [1.82, 2.24) is 10.6 Å². The topological polar surface area (TPSA) is 84.2 Å². The fraction of sp³-hybridized carbons (Fsp3) is 0.333. The van der Waals surface area contributed by atoms with Crippen molar-refractivity contribution in [3.8, 4) is 0 Å². The maximum atomic E-state index is 11.6. The van der Waals surface area contributed by atoms with Crippen LogP contribution in [0.3, 0.4) is 0 Å². The number of nitrogens with one attached hydrogen (secondary N) is 2. The molecule has 0 saturated heterocycles. The maximum absolute atomic E-state index is 11.6. The van der Waals surface area contributed by atoms with Crippen LogP contribution in [0.5, 0.6) is 0 Å². The first-order chi connectivity index (χ1) is 8.09. The molecule has 2 amide bonds. The largest absolute Gasteiger partial charge is 0.399 e. The Kier molecular flexibility index (Phi) is 7.54. The lowest BCUT2D eigenvalue weighted by atomic mass is 10.2. The minimum Gasteiger partial charge on any atom is -0.399 e. The molecule has 1 aromatic rings. The highest BCUT2D eigenvalue weighted by atomic mass is 35.5. The fourth-order valence-electron chi connectivity index (χ4n) is 1.34. The van der Waals surface area contributed by atoms with Gasteiger partial charge in [0.1, 0.15) is 0 Å². The minimum absolute atomic E-state index is 0. The molecule has 1 aromatic carbocycles. The molecule has 0 aliphatic rings. The number of hydrogen-bond acceptors (Lipinski definition) is 3. The number of carbonyl (C=O) groups is 2. The second kappa shape index (κ2) is 8.36. The van der Waals surface area contributed by atoms with Crippen molar-refractivity contribution < 1.29 is 9.59 Å². The number of halogens is 1. The van der Waals surface area contributed by atoms with Gasteiger partial charge in [0.05, 0.1) is 0 Å². The van der Waals surface area contributed by atoms with Crippen LogP contribution >= 0.6 is 12.4 Å². The Morgan fingerprint density at radius 1 is 1.22 bits per heavy atom. The maximum Gasteiger partial charge on any atom is 0.251 e. The van der Waals surface area contributed by atoms with Gasteiger partial charge in [0.15, 0.2) is 0 Å². The fourth-order valence-corrected chi connectivity index (χ4v) is 1.34. The molecular formula is C12H18ClN3O2. The molecule has 1 rings (SSSR count). The number of amides is 2. The van der Waals surface area contributed by atoms with Crippen LogP contribution in [0.15, 0.2) is 24.3 Å². The zero-order valence-corrected chi connectivity index (χ0v) is 11.0. The van der Waals surface area contributed by atoms with Gasteiger partial charge >= 0.3 is 0 Å². The smallest absolute Gasteiger partial charge is 0.251 e. The molecule has 0 saturated carbocycles. The average molecular weight is 272 g/mol. The minimum atomic E-state index is -0.153. The molecule has 0 bridgehead atoms. The Morgan fingerprint density at radius 2 is 1.89 bits per heavy atom. The second-order valence-corrected chi connectivity index (χ2v) is 3.72. The molecule has 0 atom stereocenters. The summed E-state index contributed by atoms with van der Waals surface area (Å²) in [6.07, 6.45) is 0.702. The van der Waals surface area contributed by atoms with Gasteiger partial charge in [-0.15, -0.1) is 12.4 Å². The van der Waals surface area contributed by atoms with Crippen molar-refractivity contribution in [1.29, 1.82) is 0 Å². The highest BCUT2D eigenvalue weighted by Gasteiger charge is 2.04. The summed E-state index contributed by atoms with van der Waals surface area (Å²) in [7, 11) is 0. The number of carbonyl (C=O) groups excluding carboxylic acids is 2. The third-order valence-corrected chi connectivity index (χ3v) is 2.16. The molecule has 4 N–H and O–H groups in total. The van der Waals surface area contributed by atoms with E-state index in [4.69, 9.17) is 5.73 Å². The Balaban J connectivity index is 0.00000289. The Bertz CT molecular complexity index is 410. The number of hydrogen-bond donors (Lipinski definition) is 3. The van der Waals surface area contributed by atoms with Gasteiger partial charge in [-0.2, -0.15) is 0 Å². The monoisotopic (exact) mass is 271 g/mol. The van der Waals surface area contributed by atoms with Crippen LogP contribution < -0.4 is 16.4 Å². The summed E-state index contributed by atoms with van der Waals surface area (Å²) in [6.45, 7) is 2.55. The highest BCUT2D eigenvalue weighted by molar-refractivity contribution is 5.94. The molecule has 0 spiro atoms. The van der Waals surface area contributed by atoms with Crippen LogP contribution in [-0.2, 0) is 4.79 Å². The highest BCUT2D eigenvalue weighted by Crippen LogP contribution is 2.05. The van der Waals surface area contributed by atoms with Gasteiger partial charge in [-0.1, -0.05) is 6.07 Å². The predicted octanol–water partition coefficient (Wildman–Crippen LogP) is 0.947. The lowest BCUT2D eigenvalue weighted by Crippen LogP contribution is -2.28. The van der Waals surface area contributed by atoms with E-state index in [2.05, 4.69) is 10.6 Å². The van der Waals surface area contributed by atoms with Crippen LogP contribution in [0.25, 0.3) is 0 Å². The van der Waals surface area contributed by atoms with E-state index >= 15 is 0 Å². The van der Waals surface area contributed by atoms with Crippen molar-refractivity contribution in [2.24, 2.45) is 0 Å². The first-order valence-electron chi connectivity index (χ1n) is 5.48. The van der Waals surface area contributed by atoms with Crippen LogP contribution in [0.4, 0.5) is 5.69 Å². The zero-order valence-electron chi connectivity index (χ0n) is 10.2. The predicted molar refractivity (Wildman–Crippen MR) is 73.7 cm³/mol. The van der Waals surface area contributed by atoms with Gasteiger partial charge in [-0.3, -0.25) is 9.59 Å². The number of nitrogens with two attached hydrogens (primary N) is 1. The molecule has 0 aliphatic carbocycles. The molecule has 5 nitrogen and oxygen atoms in total. The molecule has 0 heterocycles. The van der Waals surface area contributed by atoms with E-state index < -0.39 is 0 Å². The first kappa shape index (κ1) is 16.2. The van der Waals surface area contributed by atoms with Crippen molar-refractivity contribution in [2.45, 2.75) is 13.3 Å². The quantitative estimate of drug-likeness (QED) is 0.551. The third-order valence-electron chi connectivity index (χ3n) is 2.16. The van der Waals surface area contributed by atoms with Crippen molar-refractivity contribution >= 4 is 29.9 Å². The number of benzene rings is 1. The van der Waals surface area contributed by atoms with Gasteiger partial charge in [-0.25, -0.2) is 0 Å². The SMILES string of the molecule is CC(=O)NCCCNC(=O)c1cccc(N)c1.Cl. The van der Waals surface area contributed by atoms with Crippen LogP contribution in [0.2, 0.25) is 0 Å². The summed E-state index contributed by atoms with van der Waals surface area (Å²) < 4.78 is 0. The third kappa shape index (κ3) is 6.10. The van der Waals surface area contributed by atoms with Crippen molar-refractivity contribution in [2.75, 3.05) is 18.8 Å². The zero-order chi connectivity index (χ0) is 12.7. The average Bonchev–Trinajstić information content (AvgIpc) is 2.28. The molecule has 0 aliphatic heterocycles. The molecule has 100 valence electrons. The van der Waals surface area contributed by atoms with Gasteiger partial charge in [-0.05, 0) is 24.6 Å². The number of rotatable bonds is 5. The number of anilines is 1. The van der Waals surface area contributed by atoms with E-state index in [0.717, 1.165) is 0 Å². The van der Waals surface area contributed by atoms with Gasteiger partial charge in [0, 0.05) is 31.3 Å². The molecular weight excluding hydrogens is 254 g/mol. The molecule has 0 unspecified atom stereocenters. The second-order valence-electron chi connectivity index (χ2n) is 3.72. The van der Waals surface area contributed by atoms with E-state index in [1.165, 1.54) is 6.92 Å². The lowest BCUT2D eigenvalue weighted by molar-refractivity contribution is -0.118. The summed E-state index contributed by atoms with van der Waals surface area (Å²) in [5.41, 5.74) is 6.69. The molecule has 18 heavy (non-hydrogen) atoms. The Hall–Kier alpha value is -1.75. The number of nitrogen functional groups attached to an aromatic ring is 1. The molecule has 0 aromatic heterocycles. The van der Waals surface area contributed by atoms with E-state index in [1.807, 2.05) is 0 Å². The van der Waals surface area contributed by atoms with E-state index in [0.29, 0.717) is 30.8 Å². The molecule has 6 heteroatoms. The van der Waals surface area contributed by atoms with E-state index in [9.17, 15) is 9.59 Å². The van der Waals surface area contributed by atoms with Gasteiger partial charge < -0.3 is 16.4 Å². The summed E-state index contributed by atoms with van der Waals surface area (Å²) in [4.78, 5) is 22.2. The van der Waals surface area contributed by atoms with Gasteiger partial charge in [0.2, 0.25) is 5.91 Å². The van der Waals surface area contributed by atoms with Crippen LogP contribution in [-0.4, -0.2) is 24.9 Å². The van der Waals surface area contributed by atoms with Crippen LogP contribution in [0.1, 0.15) is 23.7 Å².